The number of ether oxygens (including phenoxy) is 1. The van der Waals surface area contributed by atoms with Gasteiger partial charge in [0.1, 0.15) is 0 Å². The maximum absolute atomic E-state index is 13.4. The number of unbranched alkanes of at least 4 members (excludes halogenated alkanes) is 1. The highest BCUT2D eigenvalue weighted by Gasteiger charge is 2.10. The molecule has 0 saturated carbocycles. The summed E-state index contributed by atoms with van der Waals surface area (Å²) < 4.78 is 31.5. The molecule has 2 N–H and O–H groups in total. The topological polar surface area (TPSA) is 35.2 Å². The van der Waals surface area contributed by atoms with Crippen molar-refractivity contribution in [2.24, 2.45) is 5.73 Å². The molecule has 0 spiro atoms. The number of aryl methyl sites for hydroxylation is 1. The third kappa shape index (κ3) is 3.54. The van der Waals surface area contributed by atoms with Gasteiger partial charge in [0.05, 0.1) is 6.61 Å². The Hall–Kier alpha value is -1.00. The van der Waals surface area contributed by atoms with Crippen LogP contribution >= 0.6 is 0 Å². The number of halogens is 2. The number of rotatable bonds is 6. The molecule has 90 valence electrons. The van der Waals surface area contributed by atoms with E-state index in [4.69, 9.17) is 10.5 Å². The Labute approximate surface area is 94.4 Å². The van der Waals surface area contributed by atoms with Gasteiger partial charge in [-0.15, -0.1) is 0 Å². The Bertz CT molecular complexity index is 342. The quantitative estimate of drug-likeness (QED) is 0.760. The van der Waals surface area contributed by atoms with Gasteiger partial charge < -0.3 is 10.5 Å². The van der Waals surface area contributed by atoms with E-state index in [0.717, 1.165) is 12.8 Å². The van der Waals surface area contributed by atoms with Crippen LogP contribution in [0.3, 0.4) is 0 Å². The highest BCUT2D eigenvalue weighted by Crippen LogP contribution is 2.17. The van der Waals surface area contributed by atoms with Crippen LogP contribution in [0.25, 0.3) is 0 Å². The lowest BCUT2D eigenvalue weighted by Gasteiger charge is -2.07. The average Bonchev–Trinajstić information content (AvgIpc) is 2.25. The zero-order valence-corrected chi connectivity index (χ0v) is 9.43. The first-order valence-corrected chi connectivity index (χ1v) is 5.34. The molecule has 16 heavy (non-hydrogen) atoms. The van der Waals surface area contributed by atoms with Crippen molar-refractivity contribution in [1.82, 2.24) is 0 Å². The summed E-state index contributed by atoms with van der Waals surface area (Å²) in [7, 11) is 1.52. The van der Waals surface area contributed by atoms with Crippen molar-refractivity contribution in [1.29, 1.82) is 0 Å². The Kier molecular flexibility index (Phi) is 5.35. The van der Waals surface area contributed by atoms with Crippen molar-refractivity contribution in [2.45, 2.75) is 25.9 Å². The summed E-state index contributed by atoms with van der Waals surface area (Å²) in [6, 6.07) is 2.82. The van der Waals surface area contributed by atoms with Crippen LogP contribution in [0.5, 0.6) is 0 Å². The molecule has 0 aliphatic heterocycles. The molecule has 0 fully saturated rings. The van der Waals surface area contributed by atoms with Gasteiger partial charge in [0, 0.05) is 7.11 Å². The summed E-state index contributed by atoms with van der Waals surface area (Å²) in [6.45, 7) is 0.864. The van der Waals surface area contributed by atoms with E-state index >= 15 is 0 Å². The molecule has 1 aromatic carbocycles. The Balaban J connectivity index is 2.79. The first kappa shape index (κ1) is 13.1. The van der Waals surface area contributed by atoms with Crippen molar-refractivity contribution >= 4 is 0 Å². The van der Waals surface area contributed by atoms with Crippen molar-refractivity contribution in [3.05, 3.63) is 34.9 Å². The minimum Gasteiger partial charge on any atom is -0.380 e. The normalized spacial score (nSPS) is 10.8. The zero-order valence-electron chi connectivity index (χ0n) is 9.43. The lowest BCUT2D eigenvalue weighted by Crippen LogP contribution is -2.02. The van der Waals surface area contributed by atoms with Crippen molar-refractivity contribution < 1.29 is 13.5 Å². The monoisotopic (exact) mass is 229 g/mol. The van der Waals surface area contributed by atoms with Crippen molar-refractivity contribution in [3.63, 3.8) is 0 Å². The SMILES string of the molecule is COCc1cc(F)c(F)c(CCCCN)c1. The maximum Gasteiger partial charge on any atom is 0.162 e. The largest absolute Gasteiger partial charge is 0.380 e. The summed E-state index contributed by atoms with van der Waals surface area (Å²) in [5.74, 6) is -1.56. The van der Waals surface area contributed by atoms with E-state index in [1.165, 1.54) is 13.2 Å². The smallest absolute Gasteiger partial charge is 0.162 e. The van der Waals surface area contributed by atoms with Crippen LogP contribution in [0, 0.1) is 11.6 Å². The predicted molar refractivity (Wildman–Crippen MR) is 59.1 cm³/mol. The number of hydrogen-bond donors (Lipinski definition) is 1. The Morgan fingerprint density at radius 1 is 1.25 bits per heavy atom. The first-order valence-electron chi connectivity index (χ1n) is 5.34. The van der Waals surface area contributed by atoms with Crippen LogP contribution < -0.4 is 5.73 Å². The lowest BCUT2D eigenvalue weighted by atomic mass is 10.0. The van der Waals surface area contributed by atoms with Crippen molar-refractivity contribution in [2.75, 3.05) is 13.7 Å². The van der Waals surface area contributed by atoms with Crippen LogP contribution in [0.2, 0.25) is 0 Å². The number of methoxy groups -OCH3 is 1. The molecule has 0 amide bonds. The fourth-order valence-electron chi connectivity index (χ4n) is 1.60. The van der Waals surface area contributed by atoms with Gasteiger partial charge in [0.15, 0.2) is 11.6 Å². The van der Waals surface area contributed by atoms with E-state index in [9.17, 15) is 8.78 Å². The second-order valence-electron chi connectivity index (χ2n) is 3.73. The molecule has 0 bridgehead atoms. The molecule has 1 aromatic rings. The summed E-state index contributed by atoms with van der Waals surface area (Å²) in [5.41, 5.74) is 6.41. The third-order valence-corrected chi connectivity index (χ3v) is 2.37. The van der Waals surface area contributed by atoms with Crippen LogP contribution in [-0.4, -0.2) is 13.7 Å². The van der Waals surface area contributed by atoms with Gasteiger partial charge in [-0.25, -0.2) is 8.78 Å². The average molecular weight is 229 g/mol. The molecule has 0 aromatic heterocycles. The molecule has 0 unspecified atom stereocenters. The maximum atomic E-state index is 13.4. The highest BCUT2D eigenvalue weighted by molar-refractivity contribution is 5.26. The molecule has 4 heteroatoms. The van der Waals surface area contributed by atoms with Crippen LogP contribution in [0.1, 0.15) is 24.0 Å². The van der Waals surface area contributed by atoms with Gasteiger partial charge in [-0.3, -0.25) is 0 Å². The van der Waals surface area contributed by atoms with Gasteiger partial charge in [-0.05, 0) is 43.0 Å². The second kappa shape index (κ2) is 6.55. The molecule has 0 heterocycles. The molecule has 1 rings (SSSR count). The predicted octanol–water partition coefficient (Wildman–Crippen LogP) is 2.39. The van der Waals surface area contributed by atoms with Crippen LogP contribution in [0.15, 0.2) is 12.1 Å². The zero-order chi connectivity index (χ0) is 12.0. The van der Waals surface area contributed by atoms with Gasteiger partial charge in [-0.1, -0.05) is 6.07 Å². The highest BCUT2D eigenvalue weighted by atomic mass is 19.2. The number of hydrogen-bond acceptors (Lipinski definition) is 2. The molecular formula is C12H17F2NO. The van der Waals surface area contributed by atoms with Gasteiger partial charge >= 0.3 is 0 Å². The fraction of sp³-hybridized carbons (Fsp3) is 0.500. The molecule has 0 aliphatic rings. The van der Waals surface area contributed by atoms with Crippen LogP contribution in [-0.2, 0) is 17.8 Å². The molecule has 0 atom stereocenters. The van der Waals surface area contributed by atoms with Crippen molar-refractivity contribution in [3.8, 4) is 0 Å². The summed E-state index contributed by atoms with van der Waals surface area (Å²) in [5, 5.41) is 0. The summed E-state index contributed by atoms with van der Waals surface area (Å²) in [6.07, 6.45) is 2.09. The molecule has 0 radical (unpaired) electrons. The molecule has 0 aliphatic carbocycles. The van der Waals surface area contributed by atoms with E-state index in [1.54, 1.807) is 6.07 Å². The van der Waals surface area contributed by atoms with E-state index in [0.29, 0.717) is 30.7 Å². The van der Waals surface area contributed by atoms with E-state index in [2.05, 4.69) is 0 Å². The Morgan fingerprint density at radius 3 is 2.62 bits per heavy atom. The minimum atomic E-state index is -0.808. The number of nitrogens with two attached hydrogens (primary N) is 1. The number of benzene rings is 1. The minimum absolute atomic E-state index is 0.293. The van der Waals surface area contributed by atoms with Crippen LogP contribution in [0.4, 0.5) is 8.78 Å². The third-order valence-electron chi connectivity index (χ3n) is 2.37. The molecule has 0 saturated heterocycles. The summed E-state index contributed by atoms with van der Waals surface area (Å²) in [4.78, 5) is 0. The van der Waals surface area contributed by atoms with Gasteiger partial charge in [0.2, 0.25) is 0 Å². The molecule has 2 nitrogen and oxygen atoms in total. The van der Waals surface area contributed by atoms with Gasteiger partial charge in [0.25, 0.3) is 0 Å². The summed E-state index contributed by atoms with van der Waals surface area (Å²) >= 11 is 0. The first-order chi connectivity index (χ1) is 7.69. The van der Waals surface area contributed by atoms with Gasteiger partial charge in [-0.2, -0.15) is 0 Å². The fourth-order valence-corrected chi connectivity index (χ4v) is 1.60. The second-order valence-corrected chi connectivity index (χ2v) is 3.73. The molecular weight excluding hydrogens is 212 g/mol. The van der Waals surface area contributed by atoms with E-state index in [-0.39, 0.29) is 0 Å². The standard InChI is InChI=1S/C12H17F2NO/c1-16-8-9-6-10(4-2-3-5-15)12(14)11(13)7-9/h6-7H,2-5,8,15H2,1H3. The Morgan fingerprint density at radius 2 is 2.00 bits per heavy atom. The lowest BCUT2D eigenvalue weighted by molar-refractivity contribution is 0.184. The van der Waals surface area contributed by atoms with E-state index < -0.39 is 11.6 Å². The van der Waals surface area contributed by atoms with E-state index in [1.807, 2.05) is 0 Å².